The lowest BCUT2D eigenvalue weighted by Crippen LogP contribution is -2.42. The van der Waals surface area contributed by atoms with E-state index < -0.39 is 11.8 Å². The third kappa shape index (κ3) is 2.79. The molecule has 1 saturated carbocycles. The van der Waals surface area contributed by atoms with Gasteiger partial charge in [0.2, 0.25) is 0 Å². The van der Waals surface area contributed by atoms with Gasteiger partial charge in [-0.1, -0.05) is 11.6 Å². The average Bonchev–Trinajstić information content (AvgIpc) is 2.20. The van der Waals surface area contributed by atoms with Gasteiger partial charge in [-0.2, -0.15) is 0 Å². The van der Waals surface area contributed by atoms with Gasteiger partial charge in [-0.05, 0) is 31.4 Å². The Morgan fingerprint density at radius 3 is 2.76 bits per heavy atom. The highest BCUT2D eigenvalue weighted by Gasteiger charge is 2.20. The van der Waals surface area contributed by atoms with Crippen molar-refractivity contribution in [3.63, 3.8) is 0 Å². The number of nitrogen functional groups attached to an aromatic ring is 1. The second-order valence-electron chi connectivity index (χ2n) is 4.08. The standard InChI is InChI=1S/C11H13ClFN3O/c12-7-4-8(13)10(5-9(7)14)16-11(17)15-6-2-1-3-6/h4-6H,1-3,14H2,(H2,15,16,17). The van der Waals surface area contributed by atoms with Gasteiger partial charge >= 0.3 is 6.03 Å². The van der Waals surface area contributed by atoms with Crippen LogP contribution in [0, 0.1) is 5.82 Å². The van der Waals surface area contributed by atoms with Crippen LogP contribution >= 0.6 is 11.6 Å². The molecule has 0 spiro atoms. The molecule has 6 heteroatoms. The van der Waals surface area contributed by atoms with Gasteiger partial charge in [-0.25, -0.2) is 9.18 Å². The first-order valence-electron chi connectivity index (χ1n) is 5.38. The van der Waals surface area contributed by atoms with Gasteiger partial charge in [0, 0.05) is 6.04 Å². The summed E-state index contributed by atoms with van der Waals surface area (Å²) in [5.74, 6) is -0.604. The predicted octanol–water partition coefficient (Wildman–Crippen LogP) is 2.74. The zero-order chi connectivity index (χ0) is 12.4. The molecule has 4 nitrogen and oxygen atoms in total. The number of carbonyl (C=O) groups excluding carboxylic acids is 1. The van der Waals surface area contributed by atoms with Gasteiger partial charge in [0.1, 0.15) is 5.82 Å². The molecule has 17 heavy (non-hydrogen) atoms. The van der Waals surface area contributed by atoms with Gasteiger partial charge in [0.05, 0.1) is 16.4 Å². The zero-order valence-electron chi connectivity index (χ0n) is 9.09. The molecule has 0 saturated heterocycles. The van der Waals surface area contributed by atoms with E-state index in [4.69, 9.17) is 17.3 Å². The fourth-order valence-electron chi connectivity index (χ4n) is 1.56. The number of hydrogen-bond acceptors (Lipinski definition) is 2. The second kappa shape index (κ2) is 4.79. The molecule has 0 aromatic heterocycles. The number of benzene rings is 1. The Morgan fingerprint density at radius 1 is 1.47 bits per heavy atom. The quantitative estimate of drug-likeness (QED) is 0.713. The van der Waals surface area contributed by atoms with Crippen molar-refractivity contribution in [1.82, 2.24) is 5.32 Å². The smallest absolute Gasteiger partial charge is 0.319 e. The molecule has 0 radical (unpaired) electrons. The molecule has 0 aliphatic heterocycles. The molecular formula is C11H13ClFN3O. The van der Waals surface area contributed by atoms with Crippen molar-refractivity contribution in [2.75, 3.05) is 11.1 Å². The Morgan fingerprint density at radius 2 is 2.18 bits per heavy atom. The van der Waals surface area contributed by atoms with E-state index in [-0.39, 0.29) is 22.4 Å². The molecule has 1 aromatic carbocycles. The summed E-state index contributed by atoms with van der Waals surface area (Å²) in [7, 11) is 0. The first kappa shape index (κ1) is 12.0. The fraction of sp³-hybridized carbons (Fsp3) is 0.364. The van der Waals surface area contributed by atoms with Crippen molar-refractivity contribution < 1.29 is 9.18 Å². The lowest BCUT2D eigenvalue weighted by atomic mass is 9.93. The van der Waals surface area contributed by atoms with Crippen LogP contribution in [0.5, 0.6) is 0 Å². The summed E-state index contributed by atoms with van der Waals surface area (Å²) in [6.45, 7) is 0. The summed E-state index contributed by atoms with van der Waals surface area (Å²) in [4.78, 5) is 11.5. The Bertz CT molecular complexity index is 449. The third-order valence-electron chi connectivity index (χ3n) is 2.77. The van der Waals surface area contributed by atoms with Crippen LogP contribution in [-0.4, -0.2) is 12.1 Å². The minimum atomic E-state index is -0.604. The number of carbonyl (C=O) groups is 1. The van der Waals surface area contributed by atoms with Crippen molar-refractivity contribution in [2.45, 2.75) is 25.3 Å². The Kier molecular flexibility index (Phi) is 3.38. The number of anilines is 2. The van der Waals surface area contributed by atoms with Crippen molar-refractivity contribution >= 4 is 29.0 Å². The minimum absolute atomic E-state index is 0.0312. The Hall–Kier alpha value is -1.49. The minimum Gasteiger partial charge on any atom is -0.397 e. The van der Waals surface area contributed by atoms with Gasteiger partial charge in [0.25, 0.3) is 0 Å². The number of urea groups is 1. The van der Waals surface area contributed by atoms with E-state index in [1.165, 1.54) is 6.07 Å². The van der Waals surface area contributed by atoms with E-state index in [1.54, 1.807) is 0 Å². The van der Waals surface area contributed by atoms with Crippen LogP contribution in [0.3, 0.4) is 0 Å². The fourth-order valence-corrected chi connectivity index (χ4v) is 1.71. The highest BCUT2D eigenvalue weighted by Crippen LogP contribution is 2.26. The van der Waals surface area contributed by atoms with E-state index in [0.717, 1.165) is 25.3 Å². The maximum Gasteiger partial charge on any atom is 0.319 e. The zero-order valence-corrected chi connectivity index (χ0v) is 9.85. The number of amides is 2. The molecule has 0 bridgehead atoms. The van der Waals surface area contributed by atoms with Crippen LogP contribution in [0.4, 0.5) is 20.6 Å². The van der Waals surface area contributed by atoms with Crippen molar-refractivity contribution in [3.05, 3.63) is 23.0 Å². The highest BCUT2D eigenvalue weighted by molar-refractivity contribution is 6.33. The molecule has 2 rings (SSSR count). The number of nitrogens with one attached hydrogen (secondary N) is 2. The van der Waals surface area contributed by atoms with Crippen LogP contribution in [-0.2, 0) is 0 Å². The molecule has 1 fully saturated rings. The molecule has 0 atom stereocenters. The van der Waals surface area contributed by atoms with Crippen molar-refractivity contribution in [3.8, 4) is 0 Å². The normalized spacial score (nSPS) is 15.2. The van der Waals surface area contributed by atoms with Crippen LogP contribution in [0.1, 0.15) is 19.3 Å². The van der Waals surface area contributed by atoms with E-state index in [1.807, 2.05) is 0 Å². The van der Waals surface area contributed by atoms with E-state index in [0.29, 0.717) is 0 Å². The van der Waals surface area contributed by atoms with Crippen LogP contribution in [0.2, 0.25) is 5.02 Å². The predicted molar refractivity (Wildman–Crippen MR) is 65.6 cm³/mol. The maximum absolute atomic E-state index is 13.4. The summed E-state index contributed by atoms with van der Waals surface area (Å²) in [5.41, 5.74) is 5.79. The summed E-state index contributed by atoms with van der Waals surface area (Å²) in [5, 5.41) is 5.28. The Balaban J connectivity index is 2.02. The van der Waals surface area contributed by atoms with E-state index in [2.05, 4.69) is 10.6 Å². The van der Waals surface area contributed by atoms with Crippen LogP contribution < -0.4 is 16.4 Å². The van der Waals surface area contributed by atoms with Gasteiger partial charge in [0.15, 0.2) is 0 Å². The average molecular weight is 258 g/mol. The van der Waals surface area contributed by atoms with Crippen LogP contribution in [0.25, 0.3) is 0 Å². The topological polar surface area (TPSA) is 67.1 Å². The summed E-state index contributed by atoms with van der Waals surface area (Å²) in [6, 6.07) is 2.16. The largest absolute Gasteiger partial charge is 0.397 e. The van der Waals surface area contributed by atoms with Gasteiger partial charge < -0.3 is 16.4 Å². The molecule has 0 unspecified atom stereocenters. The van der Waals surface area contributed by atoms with E-state index in [9.17, 15) is 9.18 Å². The lowest BCUT2D eigenvalue weighted by molar-refractivity contribution is 0.240. The molecule has 4 N–H and O–H groups in total. The number of hydrogen-bond donors (Lipinski definition) is 3. The van der Waals surface area contributed by atoms with Gasteiger partial charge in [-0.3, -0.25) is 0 Å². The SMILES string of the molecule is Nc1cc(NC(=O)NC2CCC2)c(F)cc1Cl. The second-order valence-corrected chi connectivity index (χ2v) is 4.49. The molecule has 1 aliphatic carbocycles. The highest BCUT2D eigenvalue weighted by atomic mass is 35.5. The molecule has 2 amide bonds. The first-order valence-corrected chi connectivity index (χ1v) is 5.76. The van der Waals surface area contributed by atoms with Crippen LogP contribution in [0.15, 0.2) is 12.1 Å². The summed E-state index contributed by atoms with van der Waals surface area (Å²) < 4.78 is 13.4. The van der Waals surface area contributed by atoms with Gasteiger partial charge in [-0.15, -0.1) is 0 Å². The van der Waals surface area contributed by atoms with E-state index >= 15 is 0 Å². The molecule has 1 aliphatic rings. The number of nitrogens with two attached hydrogens (primary N) is 1. The number of halogens is 2. The Labute approximate surface area is 103 Å². The summed E-state index contributed by atoms with van der Waals surface area (Å²) >= 11 is 5.65. The summed E-state index contributed by atoms with van der Waals surface area (Å²) in [6.07, 6.45) is 3.06. The van der Waals surface area contributed by atoms with Crippen molar-refractivity contribution in [1.29, 1.82) is 0 Å². The molecule has 0 heterocycles. The first-order chi connectivity index (χ1) is 8.06. The molecule has 1 aromatic rings. The molecule has 92 valence electrons. The number of rotatable bonds is 2. The maximum atomic E-state index is 13.4. The van der Waals surface area contributed by atoms with Crippen molar-refractivity contribution in [2.24, 2.45) is 0 Å². The molecular weight excluding hydrogens is 245 g/mol. The third-order valence-corrected chi connectivity index (χ3v) is 3.10. The monoisotopic (exact) mass is 257 g/mol. The lowest BCUT2D eigenvalue weighted by Gasteiger charge is -2.26.